The maximum atomic E-state index is 2.14. The van der Waals surface area contributed by atoms with Gasteiger partial charge in [-0.15, -0.1) is 5.79 Å². The van der Waals surface area contributed by atoms with Crippen LogP contribution in [-0.2, 0) is 0 Å². The SMILES string of the molecule is [Al+3].[Br-].[CH3][AlH2].[Cl-].[Cl-]. The molecule has 0 aromatic rings. The molecular weight excluding hydrogens is 217 g/mol. The molecule has 0 aromatic carbocycles. The summed E-state index contributed by atoms with van der Waals surface area (Å²) >= 11 is 1.31. The van der Waals surface area contributed by atoms with Gasteiger partial charge in [0.1, 0.15) is 0 Å². The van der Waals surface area contributed by atoms with E-state index in [1.165, 1.54) is 16.3 Å². The van der Waals surface area contributed by atoms with Crippen LogP contribution in [0.15, 0.2) is 0 Å². The van der Waals surface area contributed by atoms with E-state index in [4.69, 9.17) is 0 Å². The molecule has 0 heterocycles. The fourth-order valence-electron chi connectivity index (χ4n) is 0. The maximum Gasteiger partial charge on any atom is 3.00 e. The van der Waals surface area contributed by atoms with E-state index in [1.54, 1.807) is 0 Å². The normalized spacial score (nSPS) is 0.833. The van der Waals surface area contributed by atoms with E-state index < -0.39 is 0 Å². The Balaban J connectivity index is -0.000000000833. The first kappa shape index (κ1) is 42.2. The Morgan fingerprint density at radius 1 is 1.00 bits per heavy atom. The molecule has 0 amide bonds. The van der Waals surface area contributed by atoms with Gasteiger partial charge in [-0.1, -0.05) is 0 Å². The molecule has 0 aliphatic carbocycles. The van der Waals surface area contributed by atoms with E-state index in [0.717, 1.165) is 0 Å². The zero-order valence-corrected chi connectivity index (χ0v) is 9.96. The molecule has 0 N–H and O–H groups in total. The van der Waals surface area contributed by atoms with Gasteiger partial charge in [0.2, 0.25) is 16.3 Å². The van der Waals surface area contributed by atoms with E-state index in [1.807, 2.05) is 0 Å². The van der Waals surface area contributed by atoms with E-state index in [9.17, 15) is 0 Å². The Kier molecular flexibility index (Phi) is 417. The third-order valence-electron chi connectivity index (χ3n) is 0. The molecule has 0 fully saturated rings. The van der Waals surface area contributed by atoms with Crippen LogP contribution in [0.5, 0.6) is 0 Å². The zero-order valence-electron chi connectivity index (χ0n) is 3.71. The Morgan fingerprint density at radius 3 is 1.00 bits per heavy atom. The van der Waals surface area contributed by atoms with Gasteiger partial charge in [-0.25, -0.2) is 0 Å². The second kappa shape index (κ2) is 59.2. The molecule has 0 spiro atoms. The predicted molar refractivity (Wildman–Crippen MR) is 20.2 cm³/mol. The van der Waals surface area contributed by atoms with Crippen molar-refractivity contribution in [2.75, 3.05) is 0 Å². The van der Waals surface area contributed by atoms with Crippen LogP contribution in [0.2, 0.25) is 5.79 Å². The summed E-state index contributed by atoms with van der Waals surface area (Å²) in [6.07, 6.45) is 0. The first-order valence-corrected chi connectivity index (χ1v) is 3.00. The molecule has 0 aromatic heterocycles. The standard InChI is InChI=1S/CH3.2Al.BrH.2ClH.2H/h1H3;;;3*1H;;/q;;+3;;;;;/p-3. The van der Waals surface area contributed by atoms with E-state index >= 15 is 0 Å². The van der Waals surface area contributed by atoms with Crippen molar-refractivity contribution in [1.82, 2.24) is 0 Å². The van der Waals surface area contributed by atoms with Crippen molar-refractivity contribution in [2.45, 2.75) is 5.79 Å². The Bertz CT molecular complexity index is 11.5. The van der Waals surface area contributed by atoms with Gasteiger partial charge in [0, 0.05) is 0 Å². The first-order valence-electron chi connectivity index (χ1n) is 1.00. The molecule has 0 unspecified atom stereocenters. The molecule has 0 atom stereocenters. The summed E-state index contributed by atoms with van der Waals surface area (Å²) in [6.45, 7) is 0. The molecule has 0 rings (SSSR count). The van der Waals surface area contributed by atoms with Crippen LogP contribution in [0.1, 0.15) is 0 Å². The summed E-state index contributed by atoms with van der Waals surface area (Å²) in [5.74, 6) is 2.14. The maximum absolute atomic E-state index is 2.14. The van der Waals surface area contributed by atoms with Gasteiger partial charge in [0.05, 0.1) is 0 Å². The van der Waals surface area contributed by atoms with Gasteiger partial charge in [0.15, 0.2) is 0 Å². The number of hydrogen-bond donors (Lipinski definition) is 0. The van der Waals surface area contributed by atoms with Crippen LogP contribution in [0.3, 0.4) is 0 Å². The van der Waals surface area contributed by atoms with E-state index in [-0.39, 0.29) is 59.2 Å². The minimum absolute atomic E-state index is 0. The van der Waals surface area contributed by atoms with Gasteiger partial charge < -0.3 is 41.8 Å². The molecule has 0 nitrogen and oxygen atoms in total. The number of hydrogen-bond acceptors (Lipinski definition) is 0. The van der Waals surface area contributed by atoms with Crippen molar-refractivity contribution in [3.05, 3.63) is 0 Å². The molecule has 0 aliphatic rings. The quantitative estimate of drug-likeness (QED) is 0.357. The smallest absolute Gasteiger partial charge is 1.00 e. The molecule has 6 heavy (non-hydrogen) atoms. The summed E-state index contributed by atoms with van der Waals surface area (Å²) in [5, 5.41) is 0. The molecule has 0 bridgehead atoms. The predicted octanol–water partition coefficient (Wildman–Crippen LogP) is -9.70. The summed E-state index contributed by atoms with van der Waals surface area (Å²) in [6, 6.07) is 0. The van der Waals surface area contributed by atoms with Crippen molar-refractivity contribution >= 4 is 33.7 Å². The van der Waals surface area contributed by atoms with Crippen LogP contribution in [0.25, 0.3) is 0 Å². The fourth-order valence-corrected chi connectivity index (χ4v) is 0. The van der Waals surface area contributed by atoms with Crippen molar-refractivity contribution in [3.63, 3.8) is 0 Å². The monoisotopic (exact) mass is 220 g/mol. The summed E-state index contributed by atoms with van der Waals surface area (Å²) < 4.78 is 0. The number of halogens is 3. The second-order valence-corrected chi connectivity index (χ2v) is 0. The van der Waals surface area contributed by atoms with Crippen molar-refractivity contribution in [2.24, 2.45) is 0 Å². The molecular formula is CH5Al2BrCl2. The Labute approximate surface area is 80.6 Å². The van der Waals surface area contributed by atoms with Gasteiger partial charge in [0.25, 0.3) is 0 Å². The third-order valence-corrected chi connectivity index (χ3v) is 0. The molecule has 0 saturated carbocycles. The Morgan fingerprint density at radius 2 is 1.00 bits per heavy atom. The minimum Gasteiger partial charge on any atom is -1.00 e. The van der Waals surface area contributed by atoms with Gasteiger partial charge in [-0.05, 0) is 0 Å². The van der Waals surface area contributed by atoms with Crippen LogP contribution in [-0.4, -0.2) is 33.7 Å². The Hall–Kier alpha value is 2.12. The van der Waals surface area contributed by atoms with Gasteiger partial charge in [-0.3, -0.25) is 0 Å². The van der Waals surface area contributed by atoms with Crippen LogP contribution in [0.4, 0.5) is 0 Å². The average molecular weight is 222 g/mol. The molecule has 0 saturated heterocycles. The van der Waals surface area contributed by atoms with E-state index in [2.05, 4.69) is 5.79 Å². The fraction of sp³-hybridized carbons (Fsp3) is 1.00. The topological polar surface area (TPSA) is 0 Å². The summed E-state index contributed by atoms with van der Waals surface area (Å²) in [5.41, 5.74) is 0. The van der Waals surface area contributed by atoms with Crippen LogP contribution < -0.4 is 41.8 Å². The van der Waals surface area contributed by atoms with Crippen molar-refractivity contribution in [3.8, 4) is 0 Å². The molecule has 5 heteroatoms. The minimum atomic E-state index is 0. The van der Waals surface area contributed by atoms with Gasteiger partial charge in [-0.2, -0.15) is 0 Å². The molecule has 0 radical (unpaired) electrons. The third kappa shape index (κ3) is 35.6. The van der Waals surface area contributed by atoms with Crippen LogP contribution >= 0.6 is 0 Å². The second-order valence-electron chi connectivity index (χ2n) is 0. The summed E-state index contributed by atoms with van der Waals surface area (Å²) in [7, 11) is 0. The van der Waals surface area contributed by atoms with Gasteiger partial charge >= 0.3 is 17.4 Å². The largest absolute Gasteiger partial charge is 3.00 e. The van der Waals surface area contributed by atoms with Crippen molar-refractivity contribution in [1.29, 1.82) is 0 Å². The van der Waals surface area contributed by atoms with Crippen LogP contribution in [0, 0.1) is 0 Å². The average Bonchev–Trinajstić information content (AvgIpc) is 1.00. The first-order chi connectivity index (χ1) is 1.00. The van der Waals surface area contributed by atoms with E-state index in [0.29, 0.717) is 0 Å². The zero-order chi connectivity index (χ0) is 2.00. The van der Waals surface area contributed by atoms with Crippen molar-refractivity contribution < 1.29 is 41.8 Å². The molecule has 36 valence electrons. The summed E-state index contributed by atoms with van der Waals surface area (Å²) in [4.78, 5) is 0. The number of rotatable bonds is 0. The molecule has 0 aliphatic heterocycles.